The van der Waals surface area contributed by atoms with Gasteiger partial charge in [0.25, 0.3) is 0 Å². The molecule has 0 fully saturated rings. The summed E-state index contributed by atoms with van der Waals surface area (Å²) >= 11 is 0. The van der Waals surface area contributed by atoms with Crippen molar-refractivity contribution in [3.05, 3.63) is 22.6 Å². The number of hydrogen-bond acceptors (Lipinski definition) is 2. The van der Waals surface area contributed by atoms with Gasteiger partial charge >= 0.3 is 0 Å². The van der Waals surface area contributed by atoms with Gasteiger partial charge in [0, 0.05) is 4.91 Å². The highest BCUT2D eigenvalue weighted by molar-refractivity contribution is 6.69. The first-order chi connectivity index (χ1) is 6.53. The summed E-state index contributed by atoms with van der Waals surface area (Å²) in [5.41, 5.74) is 8.42. The van der Waals surface area contributed by atoms with Crippen LogP contribution in [0.2, 0.25) is 19.6 Å². The summed E-state index contributed by atoms with van der Waals surface area (Å²) in [6.45, 7) is 6.45. The highest BCUT2D eigenvalue weighted by Gasteiger charge is 2.27. The van der Waals surface area contributed by atoms with Gasteiger partial charge in [-0.2, -0.15) is 0 Å². The summed E-state index contributed by atoms with van der Waals surface area (Å²) in [5, 5.41) is 3.78. The maximum atomic E-state index is 8.42. The maximum absolute atomic E-state index is 8.42. The lowest BCUT2D eigenvalue weighted by atomic mass is 10.00. The third kappa shape index (κ3) is 3.53. The quantitative estimate of drug-likeness (QED) is 0.232. The van der Waals surface area contributed by atoms with Crippen molar-refractivity contribution in [2.45, 2.75) is 44.6 Å². The van der Waals surface area contributed by atoms with E-state index in [0.717, 1.165) is 12.8 Å². The summed E-state index contributed by atoms with van der Waals surface area (Å²) in [6.07, 6.45) is 5.92. The van der Waals surface area contributed by atoms with Crippen LogP contribution in [0.4, 0.5) is 0 Å². The minimum Gasteiger partial charge on any atom is -0.414 e. The molecule has 0 N–H and O–H groups in total. The zero-order valence-electron chi connectivity index (χ0n) is 8.97. The fourth-order valence-electron chi connectivity index (χ4n) is 1.54. The lowest BCUT2D eigenvalue weighted by Gasteiger charge is -2.31. The van der Waals surface area contributed by atoms with Crippen LogP contribution in [0.3, 0.4) is 0 Å². The van der Waals surface area contributed by atoms with E-state index >= 15 is 0 Å². The fraction of sp³-hybridized carbons (Fsp3) is 0.778. The number of nitrogens with zero attached hydrogens (tertiary/aromatic N) is 3. The Balaban J connectivity index is 2.65. The molecule has 0 saturated heterocycles. The van der Waals surface area contributed by atoms with Crippen molar-refractivity contribution >= 4 is 8.32 Å². The molecule has 0 saturated carbocycles. The first-order valence-electron chi connectivity index (χ1n) is 4.90. The SMILES string of the molecule is C[Si](C)(C)O[C@@H]1CC=CC[C@@H]1N=[N+]=[N-]. The van der Waals surface area contributed by atoms with Crippen LogP contribution >= 0.6 is 0 Å². The van der Waals surface area contributed by atoms with Crippen molar-refractivity contribution in [2.24, 2.45) is 5.11 Å². The summed E-state index contributed by atoms with van der Waals surface area (Å²) in [5.74, 6) is 0. The molecule has 2 atom stereocenters. The van der Waals surface area contributed by atoms with Gasteiger partial charge in [0.05, 0.1) is 12.1 Å². The molecule has 0 radical (unpaired) electrons. The molecule has 0 aliphatic heterocycles. The molecule has 0 aromatic rings. The van der Waals surface area contributed by atoms with Gasteiger partial charge in [-0.25, -0.2) is 0 Å². The predicted molar refractivity (Wildman–Crippen MR) is 59.5 cm³/mol. The van der Waals surface area contributed by atoms with Crippen molar-refractivity contribution in [1.82, 2.24) is 0 Å². The highest BCUT2D eigenvalue weighted by atomic mass is 28.4. The molecule has 5 heteroatoms. The molecule has 0 unspecified atom stereocenters. The molecule has 1 aliphatic rings. The van der Waals surface area contributed by atoms with Crippen LogP contribution in [0.1, 0.15) is 12.8 Å². The molecule has 0 spiro atoms. The van der Waals surface area contributed by atoms with Gasteiger partial charge in [-0.3, -0.25) is 0 Å². The Hall–Kier alpha value is -0.773. The van der Waals surface area contributed by atoms with Crippen LogP contribution in [0.25, 0.3) is 10.4 Å². The van der Waals surface area contributed by atoms with Crippen LogP contribution < -0.4 is 0 Å². The number of rotatable bonds is 3. The molecule has 1 rings (SSSR count). The van der Waals surface area contributed by atoms with Crippen LogP contribution in [0, 0.1) is 0 Å². The van der Waals surface area contributed by atoms with Crippen molar-refractivity contribution in [3.8, 4) is 0 Å². The van der Waals surface area contributed by atoms with Crippen LogP contribution in [0.15, 0.2) is 17.3 Å². The van der Waals surface area contributed by atoms with Gasteiger partial charge in [0.15, 0.2) is 8.32 Å². The monoisotopic (exact) mass is 211 g/mol. The molecule has 0 aromatic heterocycles. The first kappa shape index (κ1) is 11.3. The molecule has 0 bridgehead atoms. The van der Waals surface area contributed by atoms with E-state index in [1.54, 1.807) is 0 Å². The average Bonchev–Trinajstić information content (AvgIpc) is 2.06. The van der Waals surface area contributed by atoms with Gasteiger partial charge in [-0.15, -0.1) is 0 Å². The molecule has 0 aromatic carbocycles. The van der Waals surface area contributed by atoms with Crippen molar-refractivity contribution < 1.29 is 4.43 Å². The molecule has 1 aliphatic carbocycles. The number of hydrogen-bond donors (Lipinski definition) is 0. The largest absolute Gasteiger partial charge is 0.414 e. The van der Waals surface area contributed by atoms with Crippen molar-refractivity contribution in [3.63, 3.8) is 0 Å². The Morgan fingerprint density at radius 1 is 1.36 bits per heavy atom. The van der Waals surface area contributed by atoms with E-state index in [1.165, 1.54) is 0 Å². The Bertz CT molecular complexity index is 266. The van der Waals surface area contributed by atoms with E-state index in [1.807, 2.05) is 0 Å². The molecule has 14 heavy (non-hydrogen) atoms. The second kappa shape index (κ2) is 4.64. The van der Waals surface area contributed by atoms with Gasteiger partial charge in [-0.1, -0.05) is 17.3 Å². The van der Waals surface area contributed by atoms with E-state index < -0.39 is 8.32 Å². The van der Waals surface area contributed by atoms with Crippen molar-refractivity contribution in [2.75, 3.05) is 0 Å². The molecular weight excluding hydrogens is 194 g/mol. The van der Waals surface area contributed by atoms with Gasteiger partial charge < -0.3 is 4.43 Å². The highest BCUT2D eigenvalue weighted by Crippen LogP contribution is 2.22. The maximum Gasteiger partial charge on any atom is 0.184 e. The Kier molecular flexibility index (Phi) is 3.75. The number of azide groups is 1. The second-order valence-electron chi connectivity index (χ2n) is 4.48. The normalized spacial score (nSPS) is 27.1. The van der Waals surface area contributed by atoms with E-state index in [2.05, 4.69) is 41.8 Å². The molecule has 78 valence electrons. The second-order valence-corrected chi connectivity index (χ2v) is 8.94. The third-order valence-electron chi connectivity index (χ3n) is 2.05. The van der Waals surface area contributed by atoms with Crippen LogP contribution in [-0.2, 0) is 4.43 Å². The summed E-state index contributed by atoms with van der Waals surface area (Å²) in [6, 6.07) is -0.0169. The van der Waals surface area contributed by atoms with Crippen molar-refractivity contribution in [1.29, 1.82) is 0 Å². The lowest BCUT2D eigenvalue weighted by Crippen LogP contribution is -2.38. The Morgan fingerprint density at radius 2 is 2.00 bits per heavy atom. The average molecular weight is 211 g/mol. The Labute approximate surface area is 85.7 Å². The van der Waals surface area contributed by atoms with E-state index in [-0.39, 0.29) is 12.1 Å². The first-order valence-corrected chi connectivity index (χ1v) is 8.31. The summed E-state index contributed by atoms with van der Waals surface area (Å²) < 4.78 is 5.97. The minimum absolute atomic E-state index is 0.0169. The summed E-state index contributed by atoms with van der Waals surface area (Å²) in [4.78, 5) is 2.87. The third-order valence-corrected chi connectivity index (χ3v) is 3.06. The molecule has 0 heterocycles. The van der Waals surface area contributed by atoms with Gasteiger partial charge in [0.1, 0.15) is 0 Å². The van der Waals surface area contributed by atoms with E-state index in [4.69, 9.17) is 9.96 Å². The zero-order chi connectivity index (χ0) is 10.6. The molecule has 0 amide bonds. The molecule has 4 nitrogen and oxygen atoms in total. The van der Waals surface area contributed by atoms with E-state index in [0.29, 0.717) is 0 Å². The molecular formula is C9H17N3OSi. The topological polar surface area (TPSA) is 58.0 Å². The zero-order valence-corrected chi connectivity index (χ0v) is 9.97. The Morgan fingerprint density at radius 3 is 2.57 bits per heavy atom. The van der Waals surface area contributed by atoms with Gasteiger partial charge in [-0.05, 0) is 38.0 Å². The van der Waals surface area contributed by atoms with Crippen LogP contribution in [-0.4, -0.2) is 20.5 Å². The van der Waals surface area contributed by atoms with E-state index in [9.17, 15) is 0 Å². The lowest BCUT2D eigenvalue weighted by molar-refractivity contribution is 0.162. The summed E-state index contributed by atoms with van der Waals surface area (Å²) in [7, 11) is -1.53. The van der Waals surface area contributed by atoms with Gasteiger partial charge in [0.2, 0.25) is 0 Å². The minimum atomic E-state index is -1.53. The standard InChI is InChI=1S/C9H17N3OSi/c1-14(2,3)13-9-7-5-4-6-8(9)11-12-10/h4-5,8-9H,6-7H2,1-3H3/t8-,9+/m0/s1. The predicted octanol–water partition coefficient (Wildman–Crippen LogP) is 3.24. The smallest absolute Gasteiger partial charge is 0.184 e. The fourth-order valence-corrected chi connectivity index (χ4v) is 2.71. The van der Waals surface area contributed by atoms with Crippen LogP contribution in [0.5, 0.6) is 0 Å².